The Hall–Kier alpha value is -0.250. The van der Waals surface area contributed by atoms with E-state index in [0.29, 0.717) is 5.75 Å². The number of hydrogen-bond donors (Lipinski definition) is 1. The first kappa shape index (κ1) is 9.84. The van der Waals surface area contributed by atoms with Gasteiger partial charge in [0, 0.05) is 0 Å². The van der Waals surface area contributed by atoms with Gasteiger partial charge in [0.2, 0.25) is 0 Å². The quantitative estimate of drug-likeness (QED) is 0.839. The Balaban J connectivity index is 2.69. The van der Waals surface area contributed by atoms with E-state index in [1.54, 1.807) is 0 Å². The highest BCUT2D eigenvalue weighted by atomic mass is 127. The summed E-state index contributed by atoms with van der Waals surface area (Å²) in [5, 5.41) is 9.39. The number of rotatable bonds is 3. The van der Waals surface area contributed by atoms with Crippen molar-refractivity contribution < 1.29 is 5.11 Å². The largest absolute Gasteiger partial charge is 0.507 e. The van der Waals surface area contributed by atoms with E-state index in [-0.39, 0.29) is 0 Å². The normalized spacial score (nSPS) is 10.2. The van der Waals surface area contributed by atoms with Crippen LogP contribution in [0.15, 0.2) is 18.2 Å². The SMILES string of the molecule is CCCCc1ccc(I)c(O)c1. The van der Waals surface area contributed by atoms with Gasteiger partial charge in [-0.2, -0.15) is 0 Å². The summed E-state index contributed by atoms with van der Waals surface area (Å²) in [7, 11) is 0. The summed E-state index contributed by atoms with van der Waals surface area (Å²) in [4.78, 5) is 0. The number of aromatic hydroxyl groups is 1. The second-order valence-corrected chi connectivity index (χ2v) is 4.05. The van der Waals surface area contributed by atoms with Crippen molar-refractivity contribution in [2.75, 3.05) is 0 Å². The number of phenolic OH excluding ortho intramolecular Hbond substituents is 1. The Morgan fingerprint density at radius 2 is 2.17 bits per heavy atom. The molecule has 0 aliphatic carbocycles. The lowest BCUT2D eigenvalue weighted by atomic mass is 10.1. The molecule has 0 saturated heterocycles. The van der Waals surface area contributed by atoms with E-state index in [9.17, 15) is 5.11 Å². The van der Waals surface area contributed by atoms with Crippen molar-refractivity contribution in [3.05, 3.63) is 27.3 Å². The number of phenols is 1. The van der Waals surface area contributed by atoms with Crippen LogP contribution in [0.1, 0.15) is 25.3 Å². The van der Waals surface area contributed by atoms with Crippen LogP contribution >= 0.6 is 22.6 Å². The van der Waals surface area contributed by atoms with Gasteiger partial charge in [-0.25, -0.2) is 0 Å². The van der Waals surface area contributed by atoms with E-state index < -0.39 is 0 Å². The highest BCUT2D eigenvalue weighted by Gasteiger charge is 1.98. The predicted octanol–water partition coefficient (Wildman–Crippen LogP) is 3.34. The van der Waals surface area contributed by atoms with Crippen LogP contribution in [-0.2, 0) is 6.42 Å². The highest BCUT2D eigenvalue weighted by molar-refractivity contribution is 14.1. The average Bonchev–Trinajstić information content (AvgIpc) is 2.07. The predicted molar refractivity (Wildman–Crippen MR) is 59.4 cm³/mol. The zero-order valence-electron chi connectivity index (χ0n) is 7.18. The molecule has 0 saturated carbocycles. The lowest BCUT2D eigenvalue weighted by Crippen LogP contribution is -1.84. The fourth-order valence-corrected chi connectivity index (χ4v) is 1.43. The van der Waals surface area contributed by atoms with Gasteiger partial charge in [-0.1, -0.05) is 19.4 Å². The van der Waals surface area contributed by atoms with Gasteiger partial charge in [0.1, 0.15) is 5.75 Å². The van der Waals surface area contributed by atoms with Crippen molar-refractivity contribution in [3.63, 3.8) is 0 Å². The van der Waals surface area contributed by atoms with E-state index in [0.717, 1.165) is 9.99 Å². The molecule has 0 aromatic heterocycles. The summed E-state index contributed by atoms with van der Waals surface area (Å²) >= 11 is 2.13. The third-order valence-corrected chi connectivity index (χ3v) is 2.74. The molecule has 66 valence electrons. The summed E-state index contributed by atoms with van der Waals surface area (Å²) in [6.45, 7) is 2.17. The molecule has 0 aliphatic rings. The maximum absolute atomic E-state index is 9.39. The molecule has 0 bridgehead atoms. The minimum absolute atomic E-state index is 0.407. The van der Waals surface area contributed by atoms with Crippen LogP contribution < -0.4 is 0 Å². The van der Waals surface area contributed by atoms with Crippen molar-refractivity contribution in [2.45, 2.75) is 26.2 Å². The van der Waals surface area contributed by atoms with E-state index in [2.05, 4.69) is 35.6 Å². The molecule has 0 spiro atoms. The molecule has 12 heavy (non-hydrogen) atoms. The summed E-state index contributed by atoms with van der Waals surface area (Å²) in [5.41, 5.74) is 1.23. The number of unbranched alkanes of at least 4 members (excludes halogenated alkanes) is 1. The number of halogens is 1. The summed E-state index contributed by atoms with van der Waals surface area (Å²) in [6, 6.07) is 5.90. The molecule has 0 fully saturated rings. The van der Waals surface area contributed by atoms with Crippen molar-refractivity contribution in [3.8, 4) is 5.75 Å². The van der Waals surface area contributed by atoms with Crippen LogP contribution in [-0.4, -0.2) is 5.11 Å². The highest BCUT2D eigenvalue weighted by Crippen LogP contribution is 2.21. The Morgan fingerprint density at radius 3 is 2.75 bits per heavy atom. The molecule has 0 amide bonds. The summed E-state index contributed by atoms with van der Waals surface area (Å²) in [6.07, 6.45) is 3.47. The Labute approximate surface area is 86.9 Å². The molecule has 0 aliphatic heterocycles. The minimum Gasteiger partial charge on any atom is -0.507 e. The molecule has 1 aromatic carbocycles. The Bertz CT molecular complexity index is 258. The maximum atomic E-state index is 9.39. The zero-order chi connectivity index (χ0) is 8.97. The van der Waals surface area contributed by atoms with E-state index in [1.807, 2.05) is 12.1 Å². The lowest BCUT2D eigenvalue weighted by molar-refractivity contribution is 0.470. The fraction of sp³-hybridized carbons (Fsp3) is 0.400. The molecule has 1 N–H and O–H groups in total. The Morgan fingerprint density at radius 1 is 1.42 bits per heavy atom. The summed E-state index contributed by atoms with van der Waals surface area (Å²) in [5.74, 6) is 0.407. The smallest absolute Gasteiger partial charge is 0.129 e. The second kappa shape index (κ2) is 4.70. The molecule has 0 atom stereocenters. The van der Waals surface area contributed by atoms with Gasteiger partial charge in [-0.05, 0) is 53.1 Å². The van der Waals surface area contributed by atoms with E-state index in [4.69, 9.17) is 0 Å². The minimum atomic E-state index is 0.407. The third-order valence-electron chi connectivity index (χ3n) is 1.83. The van der Waals surface area contributed by atoms with Gasteiger partial charge in [-0.15, -0.1) is 0 Å². The van der Waals surface area contributed by atoms with Gasteiger partial charge in [0.25, 0.3) is 0 Å². The first-order chi connectivity index (χ1) is 5.74. The first-order valence-corrected chi connectivity index (χ1v) is 5.29. The van der Waals surface area contributed by atoms with Crippen LogP contribution in [0.25, 0.3) is 0 Å². The van der Waals surface area contributed by atoms with Gasteiger partial charge in [0.15, 0.2) is 0 Å². The maximum Gasteiger partial charge on any atom is 0.129 e. The molecule has 1 rings (SSSR count). The standard InChI is InChI=1S/C10H13IO/c1-2-3-4-8-5-6-9(11)10(12)7-8/h5-7,12H,2-4H2,1H3. The second-order valence-electron chi connectivity index (χ2n) is 2.89. The van der Waals surface area contributed by atoms with E-state index in [1.165, 1.54) is 18.4 Å². The Kier molecular flexibility index (Phi) is 3.85. The molecule has 1 aromatic rings. The van der Waals surface area contributed by atoms with Crippen molar-refractivity contribution in [1.29, 1.82) is 0 Å². The van der Waals surface area contributed by atoms with Crippen LogP contribution in [0.3, 0.4) is 0 Å². The third kappa shape index (κ3) is 2.66. The molecular formula is C10H13IO. The van der Waals surface area contributed by atoms with Gasteiger partial charge in [-0.3, -0.25) is 0 Å². The van der Waals surface area contributed by atoms with Crippen molar-refractivity contribution >= 4 is 22.6 Å². The molecule has 0 radical (unpaired) electrons. The van der Waals surface area contributed by atoms with Gasteiger partial charge < -0.3 is 5.11 Å². The van der Waals surface area contributed by atoms with Crippen LogP contribution in [0, 0.1) is 3.57 Å². The zero-order valence-corrected chi connectivity index (χ0v) is 9.34. The average molecular weight is 276 g/mol. The lowest BCUT2D eigenvalue weighted by Gasteiger charge is -2.01. The monoisotopic (exact) mass is 276 g/mol. The van der Waals surface area contributed by atoms with Crippen LogP contribution in [0.4, 0.5) is 0 Å². The van der Waals surface area contributed by atoms with Crippen molar-refractivity contribution in [1.82, 2.24) is 0 Å². The number of benzene rings is 1. The summed E-state index contributed by atoms with van der Waals surface area (Å²) < 4.78 is 0.924. The molecule has 0 heterocycles. The number of aryl methyl sites for hydroxylation is 1. The topological polar surface area (TPSA) is 20.2 Å². The molecular weight excluding hydrogens is 263 g/mol. The first-order valence-electron chi connectivity index (χ1n) is 4.21. The van der Waals surface area contributed by atoms with Gasteiger partial charge in [0.05, 0.1) is 3.57 Å². The van der Waals surface area contributed by atoms with Crippen LogP contribution in [0.2, 0.25) is 0 Å². The van der Waals surface area contributed by atoms with E-state index >= 15 is 0 Å². The number of hydrogen-bond acceptors (Lipinski definition) is 1. The van der Waals surface area contributed by atoms with Crippen LogP contribution in [0.5, 0.6) is 5.75 Å². The van der Waals surface area contributed by atoms with Gasteiger partial charge >= 0.3 is 0 Å². The molecule has 0 unspecified atom stereocenters. The van der Waals surface area contributed by atoms with Crippen molar-refractivity contribution in [2.24, 2.45) is 0 Å². The molecule has 1 nitrogen and oxygen atoms in total. The molecule has 2 heteroatoms. The fourth-order valence-electron chi connectivity index (χ4n) is 1.09.